The van der Waals surface area contributed by atoms with Crippen LogP contribution < -0.4 is 5.32 Å². The number of hydrogen-bond acceptors (Lipinski definition) is 8. The minimum Gasteiger partial charge on any atom is -0.462 e. The van der Waals surface area contributed by atoms with Gasteiger partial charge in [-0.25, -0.2) is 4.79 Å². The van der Waals surface area contributed by atoms with E-state index in [1.807, 2.05) is 4.57 Å². The molecular weight excluding hydrogens is 532 g/mol. The van der Waals surface area contributed by atoms with E-state index in [1.165, 1.54) is 28.0 Å². The van der Waals surface area contributed by atoms with Crippen molar-refractivity contribution in [2.45, 2.75) is 71.0 Å². The second kappa shape index (κ2) is 12.4. The van der Waals surface area contributed by atoms with E-state index in [0.29, 0.717) is 51.3 Å². The molecule has 4 rings (SSSR count). The van der Waals surface area contributed by atoms with Crippen molar-refractivity contribution in [3.8, 4) is 11.5 Å². The largest absolute Gasteiger partial charge is 0.462 e. The van der Waals surface area contributed by atoms with E-state index in [4.69, 9.17) is 16.3 Å². The fourth-order valence-corrected chi connectivity index (χ4v) is 6.90. The van der Waals surface area contributed by atoms with Crippen LogP contribution >= 0.6 is 34.7 Å². The van der Waals surface area contributed by atoms with E-state index in [-0.39, 0.29) is 17.6 Å². The quantitative estimate of drug-likeness (QED) is 0.238. The molecule has 1 amide bonds. The molecule has 0 radical (unpaired) electrons. The lowest BCUT2D eigenvalue weighted by molar-refractivity contribution is -0.113. The van der Waals surface area contributed by atoms with Gasteiger partial charge in [0.2, 0.25) is 5.91 Å². The first-order valence-electron chi connectivity index (χ1n) is 12.7. The van der Waals surface area contributed by atoms with Gasteiger partial charge >= 0.3 is 5.97 Å². The number of thiophene rings is 1. The van der Waals surface area contributed by atoms with Gasteiger partial charge in [0, 0.05) is 24.7 Å². The maximum absolute atomic E-state index is 13.0. The van der Waals surface area contributed by atoms with E-state index >= 15 is 0 Å². The number of anilines is 1. The molecule has 0 unspecified atom stereocenters. The highest BCUT2D eigenvalue weighted by atomic mass is 35.5. The smallest absolute Gasteiger partial charge is 0.341 e. The van der Waals surface area contributed by atoms with Crippen LogP contribution in [0.25, 0.3) is 11.5 Å². The number of carbonyl (C=O) groups is 2. The van der Waals surface area contributed by atoms with Crippen LogP contribution in [0.1, 0.15) is 67.3 Å². The molecule has 3 aromatic rings. The van der Waals surface area contributed by atoms with Crippen LogP contribution in [0.5, 0.6) is 0 Å². The van der Waals surface area contributed by atoms with Crippen molar-refractivity contribution in [1.29, 1.82) is 0 Å². The van der Waals surface area contributed by atoms with Gasteiger partial charge in [-0.05, 0) is 44.1 Å². The lowest BCUT2D eigenvalue weighted by Gasteiger charge is -2.20. The van der Waals surface area contributed by atoms with Crippen LogP contribution in [0.15, 0.2) is 11.4 Å². The Balaban J connectivity index is 1.52. The lowest BCUT2D eigenvalue weighted by atomic mass is 9.85. The number of carbonyl (C=O) groups excluding carboxylic acids is 2. The number of amides is 1. The van der Waals surface area contributed by atoms with Crippen LogP contribution in [-0.2, 0) is 36.0 Å². The Morgan fingerprint density at radius 3 is 2.78 bits per heavy atom. The summed E-state index contributed by atoms with van der Waals surface area (Å²) in [6, 6.07) is 0. The van der Waals surface area contributed by atoms with Crippen molar-refractivity contribution in [2.24, 2.45) is 13.0 Å². The number of ether oxygens (including phenoxy) is 1. The lowest BCUT2D eigenvalue weighted by Crippen LogP contribution is -2.18. The normalized spacial score (nSPS) is 15.0. The summed E-state index contributed by atoms with van der Waals surface area (Å²) in [5, 5.41) is 17.8. The summed E-state index contributed by atoms with van der Waals surface area (Å²) in [5.41, 5.74) is 2.12. The molecule has 0 spiro atoms. The number of esters is 1. The highest BCUT2D eigenvalue weighted by molar-refractivity contribution is 7.99. The Labute approximate surface area is 230 Å². The molecule has 0 fully saturated rings. The molecule has 3 heterocycles. The van der Waals surface area contributed by atoms with Crippen molar-refractivity contribution < 1.29 is 14.3 Å². The third-order valence-corrected chi connectivity index (χ3v) is 8.87. The van der Waals surface area contributed by atoms with E-state index in [9.17, 15) is 9.59 Å². The topological polar surface area (TPSA) is 104 Å². The Hall–Kier alpha value is -2.37. The van der Waals surface area contributed by atoms with Gasteiger partial charge in [0.15, 0.2) is 11.0 Å². The number of fused-ring (bicyclic) bond motifs is 1. The maximum Gasteiger partial charge on any atom is 0.341 e. The Morgan fingerprint density at radius 1 is 1.30 bits per heavy atom. The molecular formula is C25H33ClN6O3S2. The third kappa shape index (κ3) is 6.21. The summed E-state index contributed by atoms with van der Waals surface area (Å²) in [6.07, 6.45) is 7.57. The molecule has 0 bridgehead atoms. The number of unbranched alkanes of at least 4 members (excludes halogenated alkanes) is 1. The molecule has 1 N–H and O–H groups in total. The summed E-state index contributed by atoms with van der Waals surface area (Å²) >= 11 is 9.17. The van der Waals surface area contributed by atoms with Gasteiger partial charge in [0.05, 0.1) is 22.9 Å². The maximum atomic E-state index is 13.0. The van der Waals surface area contributed by atoms with Crippen molar-refractivity contribution in [3.05, 3.63) is 27.2 Å². The molecule has 37 heavy (non-hydrogen) atoms. The zero-order chi connectivity index (χ0) is 26.5. The van der Waals surface area contributed by atoms with E-state index in [2.05, 4.69) is 34.5 Å². The van der Waals surface area contributed by atoms with Gasteiger partial charge in [0.25, 0.3) is 0 Å². The summed E-state index contributed by atoms with van der Waals surface area (Å²) in [4.78, 5) is 27.0. The summed E-state index contributed by atoms with van der Waals surface area (Å²) in [6.45, 7) is 7.09. The molecule has 0 aromatic carbocycles. The second-order valence-electron chi connectivity index (χ2n) is 9.09. The number of nitrogens with zero attached hydrogens (tertiary/aromatic N) is 5. The third-order valence-electron chi connectivity index (χ3n) is 6.46. The predicted octanol–water partition coefficient (Wildman–Crippen LogP) is 5.62. The molecule has 1 aliphatic rings. The molecule has 0 saturated heterocycles. The van der Waals surface area contributed by atoms with Gasteiger partial charge in [-0.15, -0.1) is 21.5 Å². The number of halogens is 1. The Bertz CT molecular complexity index is 1270. The van der Waals surface area contributed by atoms with E-state index in [1.54, 1.807) is 24.9 Å². The molecule has 0 aliphatic heterocycles. The van der Waals surface area contributed by atoms with Crippen LogP contribution in [-0.4, -0.2) is 48.8 Å². The van der Waals surface area contributed by atoms with E-state index < -0.39 is 0 Å². The van der Waals surface area contributed by atoms with Crippen molar-refractivity contribution in [2.75, 3.05) is 17.7 Å². The first kappa shape index (κ1) is 27.7. The minimum atomic E-state index is -0.367. The fourth-order valence-electron chi connectivity index (χ4n) is 4.50. The summed E-state index contributed by atoms with van der Waals surface area (Å²) < 4.78 is 8.94. The monoisotopic (exact) mass is 564 g/mol. The van der Waals surface area contributed by atoms with Crippen molar-refractivity contribution in [3.63, 3.8) is 0 Å². The number of aryl methyl sites for hydroxylation is 1. The fraction of sp³-hybridized carbons (Fsp3) is 0.560. The highest BCUT2D eigenvalue weighted by Crippen LogP contribution is 2.41. The highest BCUT2D eigenvalue weighted by Gasteiger charge is 2.30. The number of thioether (sulfide) groups is 1. The van der Waals surface area contributed by atoms with Crippen molar-refractivity contribution in [1.82, 2.24) is 24.5 Å². The number of hydrogen-bond donors (Lipinski definition) is 1. The zero-order valence-electron chi connectivity index (χ0n) is 21.7. The second-order valence-corrected chi connectivity index (χ2v) is 11.5. The van der Waals surface area contributed by atoms with Gasteiger partial charge in [0.1, 0.15) is 10.7 Å². The molecule has 1 atom stereocenters. The predicted molar refractivity (Wildman–Crippen MR) is 148 cm³/mol. The summed E-state index contributed by atoms with van der Waals surface area (Å²) in [7, 11) is 1.80. The average molecular weight is 565 g/mol. The number of aromatic nitrogens is 5. The summed E-state index contributed by atoms with van der Waals surface area (Å²) in [5.74, 6) is 0.750. The molecule has 3 aromatic heterocycles. The average Bonchev–Trinajstić information content (AvgIpc) is 3.54. The number of nitrogens with one attached hydrogen (secondary N) is 1. The molecule has 12 heteroatoms. The molecule has 9 nitrogen and oxygen atoms in total. The standard InChI is InChI=1S/C25H33ClN6O3S2/c1-5-8-11-32-22(21-17(26)13-31(4)30-21)28-29-25(32)36-14-19(33)27-23-20(24(34)35-7-3)16-10-9-15(6-2)12-18(16)37-23/h13,15H,5-12,14H2,1-4H3,(H,27,33)/t15-/m1/s1. The first-order chi connectivity index (χ1) is 17.9. The van der Waals surface area contributed by atoms with Crippen molar-refractivity contribution >= 4 is 51.6 Å². The van der Waals surface area contributed by atoms with Crippen LogP contribution in [0.2, 0.25) is 5.02 Å². The van der Waals surface area contributed by atoms with Gasteiger partial charge in [-0.1, -0.05) is 50.1 Å². The van der Waals surface area contributed by atoms with Crippen LogP contribution in [0, 0.1) is 5.92 Å². The van der Waals surface area contributed by atoms with Crippen LogP contribution in [0.3, 0.4) is 0 Å². The van der Waals surface area contributed by atoms with Crippen LogP contribution in [0.4, 0.5) is 5.00 Å². The molecule has 0 saturated carbocycles. The Morgan fingerprint density at radius 2 is 2.11 bits per heavy atom. The SMILES string of the molecule is CCCCn1c(SCC(=O)Nc2sc3c(c2C(=O)OCC)CC[C@@H](CC)C3)nnc1-c1nn(C)cc1Cl. The van der Waals surface area contributed by atoms with Gasteiger partial charge < -0.3 is 14.6 Å². The number of rotatable bonds is 11. The van der Waals surface area contributed by atoms with Gasteiger partial charge in [-0.2, -0.15) is 5.10 Å². The molecule has 1 aliphatic carbocycles. The first-order valence-corrected chi connectivity index (χ1v) is 14.9. The zero-order valence-corrected chi connectivity index (χ0v) is 24.1. The minimum absolute atomic E-state index is 0.128. The van der Waals surface area contributed by atoms with Gasteiger partial charge in [-0.3, -0.25) is 9.48 Å². The Kier molecular flexibility index (Phi) is 9.31. The molecule has 200 valence electrons. The van der Waals surface area contributed by atoms with E-state index in [0.717, 1.165) is 44.1 Å².